The average Bonchev–Trinajstić information content (AvgIpc) is 1.60. The second-order valence-corrected chi connectivity index (χ2v) is 25.3. The van der Waals surface area contributed by atoms with E-state index in [0.29, 0.717) is 51.2 Å². The van der Waals surface area contributed by atoms with Crippen LogP contribution >= 0.6 is 23.5 Å². The van der Waals surface area contributed by atoms with Gasteiger partial charge in [0, 0.05) is 119 Å². The molecule has 0 atom stereocenters. The molecular formula is C82H73N5O9S2. The maximum atomic E-state index is 13.7. The molecule has 16 heteroatoms. The quantitative estimate of drug-likeness (QED) is 0.0233. The predicted octanol–water partition coefficient (Wildman–Crippen LogP) is 19.2. The Kier molecular flexibility index (Phi) is 23.2. The molecule has 0 unspecified atom stereocenters. The summed E-state index contributed by atoms with van der Waals surface area (Å²) in [5.74, 6) is -0.842. The summed E-state index contributed by atoms with van der Waals surface area (Å²) in [6.07, 6.45) is 0.363. The van der Waals surface area contributed by atoms with Crippen molar-refractivity contribution in [3.8, 4) is 0 Å². The largest absolute Gasteiger partial charge is 0.365 e. The number of nitrogens with zero attached hydrogens (tertiary/aromatic N) is 5. The Bertz CT molecular complexity index is 5060. The highest BCUT2D eigenvalue weighted by molar-refractivity contribution is 7.99. The number of Topliss-reactive ketones (excluding diaryl/α,β-unsaturated/α-hetero) is 1. The zero-order chi connectivity index (χ0) is 69.4. The molecule has 12 aromatic rings. The van der Waals surface area contributed by atoms with Crippen molar-refractivity contribution in [3.05, 3.63) is 292 Å². The van der Waals surface area contributed by atoms with E-state index in [1.807, 2.05) is 172 Å². The first-order valence-corrected chi connectivity index (χ1v) is 33.9. The Morgan fingerprint density at radius 3 is 1.28 bits per heavy atom. The van der Waals surface area contributed by atoms with Gasteiger partial charge in [-0.25, -0.2) is 14.4 Å². The zero-order valence-corrected chi connectivity index (χ0v) is 57.6. The van der Waals surface area contributed by atoms with Crippen LogP contribution in [0.3, 0.4) is 0 Å². The molecular weight excluding hydrogens is 1260 g/mol. The van der Waals surface area contributed by atoms with Gasteiger partial charge < -0.3 is 23.6 Å². The fraction of sp³-hybridized carbons (Fsp3) is 0.159. The number of rotatable bonds is 20. The Labute approximate surface area is 578 Å². The molecule has 0 aliphatic carbocycles. The summed E-state index contributed by atoms with van der Waals surface area (Å²) >= 11 is 3.39. The molecule has 0 radical (unpaired) electrons. The SMILES string of the molecule is CC/C(=N\OC(=O)c1ccccc1)C(=O)c1ccc(Sc2ccccc2)cc1.CCn1c2ccc(C(=O)c3ccc(SCc4ccccc4)cc3C)cc2c2cc(/C(C)=N/OC(C)=O)ccc21.CCn1c2ccc(C(=O)c3ccccc3C)cc2c2cc(/C(C)=N/OC(C)=O)ccc21. The molecule has 0 spiro atoms. The Balaban J connectivity index is 0.000000162. The van der Waals surface area contributed by atoms with Gasteiger partial charge in [-0.3, -0.25) is 14.4 Å². The van der Waals surface area contributed by atoms with Gasteiger partial charge in [-0.2, -0.15) is 0 Å². The third-order valence-corrected chi connectivity index (χ3v) is 18.4. The lowest BCUT2D eigenvalue weighted by atomic mass is 9.97. The maximum Gasteiger partial charge on any atom is 0.365 e. The minimum Gasteiger partial charge on any atom is -0.341 e. The van der Waals surface area contributed by atoms with Gasteiger partial charge in [0.05, 0.1) is 17.0 Å². The molecule has 0 N–H and O–H groups in total. The standard InChI is InChI=1S/C33H30N2O3S.C26H24N2O3.C23H19NO3S/c1-5-35-31-15-11-25(22(3)34-38-23(4)36)18-29(31)30-19-26(12-16-32(30)35)33(37)28-14-13-27(17-21(28)2)39-20-24-9-7-6-8-10-24;1-5-28-24-12-10-19(17(3)27-31-18(4)29)14-22(24)23-15-20(11-13-25(23)28)26(30)21-9-7-6-8-16(21)2;1-2-21(24-27-23(26)18-9-5-3-6-10-18)22(25)17-13-15-20(16-14-17)28-19-11-7-4-8-12-19/h6-19H,5,20H2,1-4H3;6-15H,5H2,1-4H3;3-16H,2H2,1H3/b34-22+;27-17+;24-21+. The van der Waals surface area contributed by atoms with E-state index >= 15 is 0 Å². The number of carbonyl (C=O) groups is 6. The number of fused-ring (bicyclic) bond motifs is 6. The van der Waals surface area contributed by atoms with Crippen LogP contribution in [0.5, 0.6) is 0 Å². The van der Waals surface area contributed by atoms with Crippen molar-refractivity contribution in [3.63, 3.8) is 0 Å². The van der Waals surface area contributed by atoms with Crippen LogP contribution < -0.4 is 0 Å². The summed E-state index contributed by atoms with van der Waals surface area (Å²) in [5, 5.41) is 15.7. The number of aryl methyl sites for hydroxylation is 4. The van der Waals surface area contributed by atoms with E-state index in [4.69, 9.17) is 14.5 Å². The maximum absolute atomic E-state index is 13.7. The molecule has 10 aromatic carbocycles. The van der Waals surface area contributed by atoms with Gasteiger partial charge in [-0.1, -0.05) is 137 Å². The van der Waals surface area contributed by atoms with Crippen molar-refractivity contribution in [2.45, 2.75) is 102 Å². The predicted molar refractivity (Wildman–Crippen MR) is 394 cm³/mol. The van der Waals surface area contributed by atoms with Gasteiger partial charge in [0.1, 0.15) is 5.71 Å². The van der Waals surface area contributed by atoms with Crippen LogP contribution in [0.4, 0.5) is 0 Å². The van der Waals surface area contributed by atoms with Gasteiger partial charge in [-0.05, 0) is 203 Å². The average molecular weight is 1340 g/mol. The summed E-state index contributed by atoms with van der Waals surface area (Å²) in [6, 6.07) is 73.9. The summed E-state index contributed by atoms with van der Waals surface area (Å²) in [5.41, 5.74) is 14.3. The normalized spacial score (nSPS) is 11.6. The summed E-state index contributed by atoms with van der Waals surface area (Å²) < 4.78 is 4.47. The summed E-state index contributed by atoms with van der Waals surface area (Å²) in [7, 11) is 0. The number of thioether (sulfide) groups is 1. The number of carbonyl (C=O) groups excluding carboxylic acids is 6. The molecule has 0 saturated carbocycles. The highest BCUT2D eigenvalue weighted by Gasteiger charge is 2.21. The summed E-state index contributed by atoms with van der Waals surface area (Å²) in [6.45, 7) is 17.8. The molecule has 0 aliphatic rings. The van der Waals surface area contributed by atoms with E-state index in [1.165, 1.54) is 19.4 Å². The number of aromatic nitrogens is 2. The number of hydrogen-bond acceptors (Lipinski definition) is 14. The van der Waals surface area contributed by atoms with Gasteiger partial charge in [-0.15, -0.1) is 11.8 Å². The molecule has 0 fully saturated rings. The van der Waals surface area contributed by atoms with Gasteiger partial charge >= 0.3 is 17.9 Å². The molecule has 0 bridgehead atoms. The molecule has 0 amide bonds. The van der Waals surface area contributed by atoms with Crippen molar-refractivity contribution in [1.82, 2.24) is 9.13 Å². The van der Waals surface area contributed by atoms with Gasteiger partial charge in [0.2, 0.25) is 5.78 Å². The van der Waals surface area contributed by atoms with Gasteiger partial charge in [0.25, 0.3) is 0 Å². The molecule has 14 nitrogen and oxygen atoms in total. The first-order chi connectivity index (χ1) is 47.4. The lowest BCUT2D eigenvalue weighted by Crippen LogP contribution is -2.15. The molecule has 2 heterocycles. The van der Waals surface area contributed by atoms with Crippen molar-refractivity contribution >= 4 is 120 Å². The number of ketones is 3. The van der Waals surface area contributed by atoms with E-state index in [0.717, 1.165) is 99.4 Å². The van der Waals surface area contributed by atoms with E-state index in [9.17, 15) is 28.8 Å². The third kappa shape index (κ3) is 16.8. The lowest BCUT2D eigenvalue weighted by Gasteiger charge is -2.09. The second kappa shape index (κ2) is 32.6. The minimum atomic E-state index is -0.589. The number of hydrogen-bond donors (Lipinski definition) is 0. The molecule has 492 valence electrons. The van der Waals surface area contributed by atoms with Crippen molar-refractivity contribution in [2.24, 2.45) is 15.5 Å². The van der Waals surface area contributed by atoms with Crippen LogP contribution in [0.1, 0.15) is 135 Å². The molecule has 0 saturated heterocycles. The summed E-state index contributed by atoms with van der Waals surface area (Å²) in [4.78, 5) is 91.7. The first kappa shape index (κ1) is 69.8. The minimum absolute atomic E-state index is 0.00941. The Morgan fingerprint density at radius 2 is 0.806 bits per heavy atom. The van der Waals surface area contributed by atoms with Crippen molar-refractivity contribution in [1.29, 1.82) is 0 Å². The van der Waals surface area contributed by atoms with Crippen LogP contribution in [0.25, 0.3) is 43.6 Å². The third-order valence-electron chi connectivity index (χ3n) is 16.4. The topological polar surface area (TPSA) is 177 Å². The number of oxime groups is 3. The van der Waals surface area contributed by atoms with E-state index in [1.54, 1.807) is 79.8 Å². The van der Waals surface area contributed by atoms with Crippen LogP contribution in [0, 0.1) is 13.8 Å². The van der Waals surface area contributed by atoms with E-state index in [2.05, 4.69) is 74.8 Å². The zero-order valence-electron chi connectivity index (χ0n) is 56.0. The Morgan fingerprint density at radius 1 is 0.388 bits per heavy atom. The monoisotopic (exact) mass is 1340 g/mol. The van der Waals surface area contributed by atoms with Crippen LogP contribution in [0.2, 0.25) is 0 Å². The number of benzene rings is 10. The molecule has 12 rings (SSSR count). The molecule has 0 aliphatic heterocycles. The smallest absolute Gasteiger partial charge is 0.341 e. The fourth-order valence-electron chi connectivity index (χ4n) is 11.3. The van der Waals surface area contributed by atoms with Gasteiger partial charge in [0.15, 0.2) is 11.6 Å². The second-order valence-electron chi connectivity index (χ2n) is 23.1. The highest BCUT2D eigenvalue weighted by atomic mass is 32.2. The molecule has 2 aromatic heterocycles. The van der Waals surface area contributed by atoms with Crippen molar-refractivity contribution < 1.29 is 43.3 Å². The highest BCUT2D eigenvalue weighted by Crippen LogP contribution is 2.35. The first-order valence-electron chi connectivity index (χ1n) is 32.1. The van der Waals surface area contributed by atoms with Crippen LogP contribution in [-0.4, -0.2) is 61.5 Å². The van der Waals surface area contributed by atoms with E-state index < -0.39 is 17.9 Å². The lowest BCUT2D eigenvalue weighted by molar-refractivity contribution is -0.141. The Hall–Kier alpha value is -11.1. The van der Waals surface area contributed by atoms with Crippen LogP contribution in [0.15, 0.2) is 261 Å². The van der Waals surface area contributed by atoms with Crippen molar-refractivity contribution in [2.75, 3.05) is 0 Å². The van der Waals surface area contributed by atoms with Crippen LogP contribution in [-0.2, 0) is 42.9 Å². The van der Waals surface area contributed by atoms with E-state index in [-0.39, 0.29) is 23.1 Å². The molecule has 98 heavy (non-hydrogen) atoms. The fourth-order valence-corrected chi connectivity index (χ4v) is 13.1.